The number of benzene rings is 2. The summed E-state index contributed by atoms with van der Waals surface area (Å²) in [4.78, 5) is 17.5. The van der Waals surface area contributed by atoms with E-state index < -0.39 is 5.82 Å². The number of nitrogens with one attached hydrogen (secondary N) is 2. The van der Waals surface area contributed by atoms with Gasteiger partial charge in [-0.25, -0.2) is 9.37 Å². The van der Waals surface area contributed by atoms with E-state index in [1.807, 2.05) is 48.0 Å². The summed E-state index contributed by atoms with van der Waals surface area (Å²) in [5.74, 6) is 0.475. The highest BCUT2D eigenvalue weighted by Crippen LogP contribution is 2.30. The summed E-state index contributed by atoms with van der Waals surface area (Å²) in [6.07, 6.45) is 14.0. The standard InChI is InChI=1S/C31H33FN4O3/c1-21-17-23(11-12-25(21)29(37)9-6-7-24-19-33-14-16-39-24)35-27-8-4-3-5-15-36-28(20-34-31(27)36)22-10-13-30(38-2)26(32)18-22/h5-6,8-13,15,17-18,20,24,33,35H,3-4,7,14,16,19H2,1-2H3/b9-6+,15-5-,27-8+. The van der Waals surface area contributed by atoms with Crippen molar-refractivity contribution in [3.8, 4) is 17.0 Å². The third-order valence-corrected chi connectivity index (χ3v) is 6.87. The number of allylic oxidation sites excluding steroid dienone is 3. The zero-order chi connectivity index (χ0) is 27.2. The van der Waals surface area contributed by atoms with Crippen LogP contribution in [0.4, 0.5) is 10.1 Å². The predicted molar refractivity (Wildman–Crippen MR) is 152 cm³/mol. The van der Waals surface area contributed by atoms with Gasteiger partial charge in [0.05, 0.1) is 37.4 Å². The molecule has 1 atom stereocenters. The van der Waals surface area contributed by atoms with Gasteiger partial charge in [-0.2, -0.15) is 0 Å². The first-order valence-corrected chi connectivity index (χ1v) is 13.2. The van der Waals surface area contributed by atoms with Crippen LogP contribution in [-0.4, -0.2) is 48.2 Å². The van der Waals surface area contributed by atoms with Crippen LogP contribution >= 0.6 is 0 Å². The number of aromatic nitrogens is 2. The number of aryl methyl sites for hydroxylation is 1. The van der Waals surface area contributed by atoms with Crippen LogP contribution in [0, 0.1) is 12.7 Å². The molecule has 202 valence electrons. The van der Waals surface area contributed by atoms with Crippen molar-refractivity contribution in [2.45, 2.75) is 32.3 Å². The highest BCUT2D eigenvalue weighted by molar-refractivity contribution is 6.05. The molecule has 3 aromatic rings. The number of fused-ring (bicyclic) bond motifs is 1. The second kappa shape index (κ2) is 12.2. The van der Waals surface area contributed by atoms with E-state index in [2.05, 4.69) is 27.8 Å². The van der Waals surface area contributed by atoms with Crippen LogP contribution in [0.15, 0.2) is 66.9 Å². The third-order valence-electron chi connectivity index (χ3n) is 6.87. The van der Waals surface area contributed by atoms with Gasteiger partial charge < -0.3 is 20.1 Å². The molecule has 1 fully saturated rings. The lowest BCUT2D eigenvalue weighted by Gasteiger charge is -2.22. The molecule has 8 heteroatoms. The number of carbonyl (C=O) groups excluding carboxylic acids is 1. The van der Waals surface area contributed by atoms with Gasteiger partial charge >= 0.3 is 0 Å². The van der Waals surface area contributed by atoms with Crippen LogP contribution in [0.25, 0.3) is 23.2 Å². The Hall–Kier alpha value is -4.01. The lowest BCUT2D eigenvalue weighted by molar-refractivity contribution is 0.0309. The zero-order valence-electron chi connectivity index (χ0n) is 22.2. The molecule has 7 nitrogen and oxygen atoms in total. The summed E-state index contributed by atoms with van der Waals surface area (Å²) in [6, 6.07) is 10.6. The second-order valence-electron chi connectivity index (χ2n) is 9.62. The lowest BCUT2D eigenvalue weighted by Crippen LogP contribution is -2.38. The summed E-state index contributed by atoms with van der Waals surface area (Å²) in [6.45, 7) is 4.32. The van der Waals surface area contributed by atoms with E-state index in [1.165, 1.54) is 13.2 Å². The third kappa shape index (κ3) is 6.19. The predicted octanol–water partition coefficient (Wildman–Crippen LogP) is 5.84. The number of morpholine rings is 1. The number of anilines is 1. The molecule has 0 radical (unpaired) electrons. The van der Waals surface area contributed by atoms with Crippen molar-refractivity contribution in [2.75, 3.05) is 32.1 Å². The van der Waals surface area contributed by atoms with Crippen LogP contribution in [0.3, 0.4) is 0 Å². The van der Waals surface area contributed by atoms with Gasteiger partial charge in [-0.15, -0.1) is 0 Å². The van der Waals surface area contributed by atoms with Crippen LogP contribution in [0.1, 0.15) is 41.0 Å². The van der Waals surface area contributed by atoms with Crippen LogP contribution in [0.2, 0.25) is 0 Å². The summed E-state index contributed by atoms with van der Waals surface area (Å²) in [5, 5.41) is 6.79. The molecule has 2 aromatic carbocycles. The summed E-state index contributed by atoms with van der Waals surface area (Å²) >= 11 is 0. The fourth-order valence-electron chi connectivity index (χ4n) is 4.81. The minimum Gasteiger partial charge on any atom is -0.494 e. The van der Waals surface area contributed by atoms with E-state index in [-0.39, 0.29) is 17.6 Å². The van der Waals surface area contributed by atoms with E-state index in [1.54, 1.807) is 18.3 Å². The van der Waals surface area contributed by atoms with E-state index in [4.69, 9.17) is 9.47 Å². The number of nitrogens with zero attached hydrogens (tertiary/aromatic N) is 2. The summed E-state index contributed by atoms with van der Waals surface area (Å²) in [7, 11) is 1.45. The Morgan fingerprint density at radius 3 is 2.95 bits per heavy atom. The molecule has 1 saturated heterocycles. The normalized spacial score (nSPS) is 19.5. The number of ether oxygens (including phenoxy) is 2. The van der Waals surface area contributed by atoms with Crippen molar-refractivity contribution >= 4 is 23.4 Å². The van der Waals surface area contributed by atoms with Crippen LogP contribution in [0.5, 0.6) is 5.75 Å². The van der Waals surface area contributed by atoms with Crippen LogP contribution < -0.4 is 15.4 Å². The molecule has 5 rings (SSSR count). The van der Waals surface area contributed by atoms with Gasteiger partial charge in [-0.1, -0.05) is 18.2 Å². The first kappa shape index (κ1) is 26.6. The Morgan fingerprint density at radius 2 is 2.18 bits per heavy atom. The van der Waals surface area contributed by atoms with Crippen molar-refractivity contribution in [1.82, 2.24) is 14.9 Å². The van der Waals surface area contributed by atoms with Gasteiger partial charge in [0, 0.05) is 36.1 Å². The number of methoxy groups -OCH3 is 1. The minimum atomic E-state index is -0.423. The number of imidazole rings is 1. The Bertz CT molecular complexity index is 1430. The van der Waals surface area contributed by atoms with Crippen molar-refractivity contribution in [2.24, 2.45) is 0 Å². The van der Waals surface area contributed by atoms with Crippen molar-refractivity contribution < 1.29 is 18.7 Å². The van der Waals surface area contributed by atoms with Gasteiger partial charge in [0.2, 0.25) is 0 Å². The Morgan fingerprint density at radius 1 is 1.28 bits per heavy atom. The second-order valence-corrected chi connectivity index (χ2v) is 9.62. The first-order valence-electron chi connectivity index (χ1n) is 13.2. The molecule has 0 bridgehead atoms. The van der Waals surface area contributed by atoms with E-state index in [9.17, 15) is 9.18 Å². The highest BCUT2D eigenvalue weighted by Gasteiger charge is 2.18. The number of carbonyl (C=O) groups is 1. The molecule has 39 heavy (non-hydrogen) atoms. The number of hydrogen-bond donors (Lipinski definition) is 2. The maximum Gasteiger partial charge on any atom is 0.185 e. The molecule has 2 aliphatic rings. The average Bonchev–Trinajstić information content (AvgIpc) is 3.34. The van der Waals surface area contributed by atoms with Gasteiger partial charge in [0.15, 0.2) is 23.2 Å². The van der Waals surface area contributed by atoms with Gasteiger partial charge in [0.1, 0.15) is 0 Å². The van der Waals surface area contributed by atoms with E-state index in [0.717, 1.165) is 54.4 Å². The molecule has 1 aromatic heterocycles. The first-order chi connectivity index (χ1) is 19.0. The molecule has 1 unspecified atom stereocenters. The highest BCUT2D eigenvalue weighted by atomic mass is 19.1. The topological polar surface area (TPSA) is 77.4 Å². The largest absolute Gasteiger partial charge is 0.494 e. The summed E-state index contributed by atoms with van der Waals surface area (Å²) in [5.41, 5.74) is 4.73. The van der Waals surface area contributed by atoms with Gasteiger partial charge in [-0.05, 0) is 74.2 Å². The molecule has 0 aliphatic carbocycles. The number of rotatable bonds is 8. The van der Waals surface area contributed by atoms with Crippen molar-refractivity contribution in [1.29, 1.82) is 0 Å². The molecule has 2 aliphatic heterocycles. The Labute approximate surface area is 228 Å². The fourth-order valence-corrected chi connectivity index (χ4v) is 4.81. The molecule has 2 N–H and O–H groups in total. The van der Waals surface area contributed by atoms with Gasteiger partial charge in [-0.3, -0.25) is 9.36 Å². The fraction of sp³-hybridized carbons (Fsp3) is 0.290. The zero-order valence-corrected chi connectivity index (χ0v) is 22.2. The SMILES string of the molecule is COc1ccc(-c2cnc3n2/C=C\CC/C=C\3Nc2ccc(C(=O)/C=C/CC3CNCCO3)c(C)c2)cc1F. The summed E-state index contributed by atoms with van der Waals surface area (Å²) < 4.78 is 27.1. The van der Waals surface area contributed by atoms with Crippen molar-refractivity contribution in [3.05, 3.63) is 89.7 Å². The molecule has 3 heterocycles. The number of ketones is 1. The maximum absolute atomic E-state index is 14.4. The molecule has 0 amide bonds. The lowest BCUT2D eigenvalue weighted by atomic mass is 10.0. The van der Waals surface area contributed by atoms with Crippen LogP contribution in [-0.2, 0) is 4.74 Å². The number of hydrogen-bond acceptors (Lipinski definition) is 6. The smallest absolute Gasteiger partial charge is 0.185 e. The Kier molecular flexibility index (Phi) is 8.34. The Balaban J connectivity index is 1.33. The van der Waals surface area contributed by atoms with Gasteiger partial charge in [0.25, 0.3) is 0 Å². The van der Waals surface area contributed by atoms with E-state index >= 15 is 0 Å². The number of halogens is 1. The maximum atomic E-state index is 14.4. The average molecular weight is 529 g/mol. The molecule has 0 saturated carbocycles. The minimum absolute atomic E-state index is 0.0231. The molecular weight excluding hydrogens is 495 g/mol. The van der Waals surface area contributed by atoms with E-state index in [0.29, 0.717) is 24.2 Å². The van der Waals surface area contributed by atoms with Crippen molar-refractivity contribution in [3.63, 3.8) is 0 Å². The molecule has 0 spiro atoms. The quantitative estimate of drug-likeness (QED) is 0.283. The monoisotopic (exact) mass is 528 g/mol. The molecular formula is C31H33FN4O3.